The molecule has 0 radical (unpaired) electrons. The standard InChI is InChI=1S/C15H22N2O3S/c1-3-4-11(18)8-16-15(20)13-9(2)7-12(21-13)17-14(19)10-5-6-10/h7,10-11,18H,3-6,8H2,1-2H3,(H,16,20)(H,17,19). The number of aliphatic hydroxyl groups excluding tert-OH is 1. The lowest BCUT2D eigenvalue weighted by Crippen LogP contribution is -2.31. The molecule has 21 heavy (non-hydrogen) atoms. The van der Waals surface area contributed by atoms with Crippen LogP contribution in [0.1, 0.15) is 47.8 Å². The summed E-state index contributed by atoms with van der Waals surface area (Å²) < 4.78 is 0. The average molecular weight is 310 g/mol. The first-order valence-electron chi connectivity index (χ1n) is 7.38. The van der Waals surface area contributed by atoms with E-state index in [0.717, 1.165) is 24.8 Å². The van der Waals surface area contributed by atoms with Gasteiger partial charge in [-0.15, -0.1) is 11.3 Å². The Balaban J connectivity index is 1.91. The van der Waals surface area contributed by atoms with Crippen LogP contribution >= 0.6 is 11.3 Å². The van der Waals surface area contributed by atoms with Gasteiger partial charge in [-0.25, -0.2) is 0 Å². The Morgan fingerprint density at radius 2 is 2.19 bits per heavy atom. The van der Waals surface area contributed by atoms with Crippen molar-refractivity contribution in [2.45, 2.75) is 45.6 Å². The van der Waals surface area contributed by atoms with Crippen LogP contribution in [-0.4, -0.2) is 29.6 Å². The zero-order chi connectivity index (χ0) is 15.4. The highest BCUT2D eigenvalue weighted by molar-refractivity contribution is 7.18. The van der Waals surface area contributed by atoms with Crippen LogP contribution in [-0.2, 0) is 4.79 Å². The summed E-state index contributed by atoms with van der Waals surface area (Å²) in [6.07, 6.45) is 2.96. The Morgan fingerprint density at radius 1 is 1.48 bits per heavy atom. The molecule has 1 aromatic heterocycles. The van der Waals surface area contributed by atoms with Gasteiger partial charge in [0.15, 0.2) is 0 Å². The predicted molar refractivity (Wildman–Crippen MR) is 83.7 cm³/mol. The second-order valence-electron chi connectivity index (χ2n) is 5.54. The summed E-state index contributed by atoms with van der Waals surface area (Å²) in [7, 11) is 0. The van der Waals surface area contributed by atoms with E-state index in [1.165, 1.54) is 11.3 Å². The molecule has 1 heterocycles. The lowest BCUT2D eigenvalue weighted by atomic mass is 10.2. The summed E-state index contributed by atoms with van der Waals surface area (Å²) in [4.78, 5) is 24.4. The van der Waals surface area contributed by atoms with Crippen LogP contribution < -0.4 is 10.6 Å². The molecule has 1 unspecified atom stereocenters. The summed E-state index contributed by atoms with van der Waals surface area (Å²) in [5.41, 5.74) is 0.841. The average Bonchev–Trinajstić information content (AvgIpc) is 3.21. The molecule has 116 valence electrons. The summed E-state index contributed by atoms with van der Waals surface area (Å²) in [6, 6.07) is 1.82. The molecule has 1 fully saturated rings. The van der Waals surface area contributed by atoms with Gasteiger partial charge in [-0.1, -0.05) is 13.3 Å². The van der Waals surface area contributed by atoms with Crippen LogP contribution in [0.25, 0.3) is 0 Å². The molecule has 6 heteroatoms. The normalized spacial score (nSPS) is 15.6. The molecule has 1 atom stereocenters. The van der Waals surface area contributed by atoms with Gasteiger partial charge in [0.05, 0.1) is 16.0 Å². The number of aliphatic hydroxyl groups is 1. The van der Waals surface area contributed by atoms with E-state index >= 15 is 0 Å². The van der Waals surface area contributed by atoms with Crippen molar-refractivity contribution in [3.8, 4) is 0 Å². The van der Waals surface area contributed by atoms with Crippen molar-refractivity contribution in [1.82, 2.24) is 5.32 Å². The minimum atomic E-state index is -0.506. The van der Waals surface area contributed by atoms with E-state index in [4.69, 9.17) is 0 Å². The molecule has 0 saturated heterocycles. The number of rotatable bonds is 7. The summed E-state index contributed by atoms with van der Waals surface area (Å²) in [5.74, 6) is -0.00461. The first-order valence-corrected chi connectivity index (χ1v) is 8.20. The van der Waals surface area contributed by atoms with Gasteiger partial charge in [-0.05, 0) is 37.8 Å². The van der Waals surface area contributed by atoms with E-state index in [1.54, 1.807) is 0 Å². The van der Waals surface area contributed by atoms with Crippen molar-refractivity contribution >= 4 is 28.2 Å². The van der Waals surface area contributed by atoms with Crippen molar-refractivity contribution in [2.24, 2.45) is 5.92 Å². The molecule has 1 aliphatic rings. The molecule has 2 rings (SSSR count). The zero-order valence-electron chi connectivity index (χ0n) is 12.4. The van der Waals surface area contributed by atoms with Gasteiger partial charge in [-0.3, -0.25) is 9.59 Å². The third-order valence-corrected chi connectivity index (χ3v) is 4.59. The Morgan fingerprint density at radius 3 is 2.81 bits per heavy atom. The number of carbonyl (C=O) groups excluding carboxylic acids is 2. The van der Waals surface area contributed by atoms with Crippen LogP contribution in [0.5, 0.6) is 0 Å². The van der Waals surface area contributed by atoms with Gasteiger partial charge in [0.1, 0.15) is 0 Å². The van der Waals surface area contributed by atoms with Crippen LogP contribution in [0.2, 0.25) is 0 Å². The fourth-order valence-corrected chi connectivity index (χ4v) is 3.06. The Bertz CT molecular complexity index is 523. The molecule has 1 aliphatic carbocycles. The first kappa shape index (κ1) is 16.0. The highest BCUT2D eigenvalue weighted by atomic mass is 32.1. The van der Waals surface area contributed by atoms with Crippen molar-refractivity contribution in [2.75, 3.05) is 11.9 Å². The fraction of sp³-hybridized carbons (Fsp3) is 0.600. The zero-order valence-corrected chi connectivity index (χ0v) is 13.3. The van der Waals surface area contributed by atoms with Gasteiger partial charge < -0.3 is 15.7 Å². The van der Waals surface area contributed by atoms with Crippen LogP contribution in [0.15, 0.2) is 6.07 Å². The lowest BCUT2D eigenvalue weighted by Gasteiger charge is -2.10. The van der Waals surface area contributed by atoms with Gasteiger partial charge >= 0.3 is 0 Å². The monoisotopic (exact) mass is 310 g/mol. The van der Waals surface area contributed by atoms with Gasteiger partial charge in [-0.2, -0.15) is 0 Å². The quantitative estimate of drug-likeness (QED) is 0.723. The van der Waals surface area contributed by atoms with E-state index in [1.807, 2.05) is 19.9 Å². The van der Waals surface area contributed by atoms with Crippen LogP contribution in [0.4, 0.5) is 5.00 Å². The van der Waals surface area contributed by atoms with Crippen molar-refractivity contribution in [3.63, 3.8) is 0 Å². The van der Waals surface area contributed by atoms with E-state index in [2.05, 4.69) is 10.6 Å². The van der Waals surface area contributed by atoms with Crippen LogP contribution in [0.3, 0.4) is 0 Å². The molecule has 0 aliphatic heterocycles. The fourth-order valence-electron chi connectivity index (χ4n) is 2.06. The Labute approximate surface area is 128 Å². The molecule has 0 spiro atoms. The molecule has 0 aromatic carbocycles. The topological polar surface area (TPSA) is 78.4 Å². The molecule has 0 bridgehead atoms. The van der Waals surface area contributed by atoms with Crippen LogP contribution in [0, 0.1) is 12.8 Å². The summed E-state index contributed by atoms with van der Waals surface area (Å²) in [5, 5.41) is 15.9. The third kappa shape index (κ3) is 4.54. The number of amides is 2. The van der Waals surface area contributed by atoms with Crippen molar-refractivity contribution in [1.29, 1.82) is 0 Å². The number of aryl methyl sites for hydroxylation is 1. The minimum absolute atomic E-state index is 0.0431. The number of anilines is 1. The number of thiophene rings is 1. The maximum atomic E-state index is 12.1. The number of hydrogen-bond acceptors (Lipinski definition) is 4. The van der Waals surface area contributed by atoms with Crippen molar-refractivity contribution in [3.05, 3.63) is 16.5 Å². The third-order valence-electron chi connectivity index (χ3n) is 3.44. The summed E-state index contributed by atoms with van der Waals surface area (Å²) >= 11 is 1.28. The second kappa shape index (κ2) is 7.04. The Kier molecular flexibility index (Phi) is 5.36. The van der Waals surface area contributed by atoms with Gasteiger partial charge in [0, 0.05) is 12.5 Å². The lowest BCUT2D eigenvalue weighted by molar-refractivity contribution is -0.117. The number of carbonyl (C=O) groups is 2. The Hall–Kier alpha value is -1.40. The van der Waals surface area contributed by atoms with E-state index in [-0.39, 0.29) is 24.3 Å². The first-order chi connectivity index (χ1) is 10.0. The SMILES string of the molecule is CCCC(O)CNC(=O)c1sc(NC(=O)C2CC2)cc1C. The van der Waals surface area contributed by atoms with Gasteiger partial charge in [0.2, 0.25) is 5.91 Å². The minimum Gasteiger partial charge on any atom is -0.391 e. The molecular formula is C15H22N2O3S. The molecule has 1 saturated carbocycles. The molecule has 5 nitrogen and oxygen atoms in total. The van der Waals surface area contributed by atoms with E-state index in [0.29, 0.717) is 16.3 Å². The molecular weight excluding hydrogens is 288 g/mol. The maximum absolute atomic E-state index is 12.1. The maximum Gasteiger partial charge on any atom is 0.261 e. The highest BCUT2D eigenvalue weighted by Crippen LogP contribution is 2.32. The van der Waals surface area contributed by atoms with Crippen molar-refractivity contribution < 1.29 is 14.7 Å². The largest absolute Gasteiger partial charge is 0.391 e. The molecule has 1 aromatic rings. The highest BCUT2D eigenvalue weighted by Gasteiger charge is 2.30. The second-order valence-corrected chi connectivity index (χ2v) is 6.59. The molecule has 3 N–H and O–H groups in total. The predicted octanol–water partition coefficient (Wildman–Crippen LogP) is 2.30. The smallest absolute Gasteiger partial charge is 0.261 e. The van der Waals surface area contributed by atoms with E-state index < -0.39 is 6.10 Å². The van der Waals surface area contributed by atoms with Gasteiger partial charge in [0.25, 0.3) is 5.91 Å². The molecule has 2 amide bonds. The van der Waals surface area contributed by atoms with E-state index in [9.17, 15) is 14.7 Å². The number of hydrogen-bond donors (Lipinski definition) is 3. The summed E-state index contributed by atoms with van der Waals surface area (Å²) in [6.45, 7) is 4.09. The number of nitrogens with one attached hydrogen (secondary N) is 2.